The van der Waals surface area contributed by atoms with Crippen LogP contribution in [0.15, 0.2) is 46.0 Å². The highest BCUT2D eigenvalue weighted by Crippen LogP contribution is 2.19. The van der Waals surface area contributed by atoms with Gasteiger partial charge in [0.1, 0.15) is 5.76 Å². The van der Waals surface area contributed by atoms with Crippen molar-refractivity contribution in [2.45, 2.75) is 6.92 Å². The molecule has 0 radical (unpaired) electrons. The van der Waals surface area contributed by atoms with Gasteiger partial charge < -0.3 is 10.4 Å². The van der Waals surface area contributed by atoms with Gasteiger partial charge in [-0.2, -0.15) is 5.11 Å². The monoisotopic (exact) mass is 264 g/mol. The predicted octanol–water partition coefficient (Wildman–Crippen LogP) is 2.21. The number of allylic oxidation sites excluding steroid dienone is 1. The van der Waals surface area contributed by atoms with E-state index >= 15 is 0 Å². The SMILES string of the molecule is CNC(=O)/C(N=Nc1ccc([N+](=O)[O-])cc1)=C(/C)O. The first-order chi connectivity index (χ1) is 8.95. The Hall–Kier alpha value is -2.77. The number of hydrogen-bond donors (Lipinski definition) is 2. The number of aliphatic hydroxyl groups excluding tert-OH is 1. The van der Waals surface area contributed by atoms with Gasteiger partial charge in [-0.15, -0.1) is 5.11 Å². The van der Waals surface area contributed by atoms with Crippen LogP contribution in [0.1, 0.15) is 6.92 Å². The number of azo groups is 1. The molecule has 1 aromatic carbocycles. The second-order valence-electron chi connectivity index (χ2n) is 3.49. The van der Waals surface area contributed by atoms with Crippen molar-refractivity contribution in [2.24, 2.45) is 10.2 Å². The molecule has 2 N–H and O–H groups in total. The van der Waals surface area contributed by atoms with Crippen LogP contribution >= 0.6 is 0 Å². The summed E-state index contributed by atoms with van der Waals surface area (Å²) in [4.78, 5) is 21.3. The van der Waals surface area contributed by atoms with E-state index in [1.807, 2.05) is 0 Å². The van der Waals surface area contributed by atoms with Crippen molar-refractivity contribution in [2.75, 3.05) is 7.05 Å². The highest BCUT2D eigenvalue weighted by Gasteiger charge is 2.10. The topological polar surface area (TPSA) is 117 Å². The lowest BCUT2D eigenvalue weighted by atomic mass is 10.3. The van der Waals surface area contributed by atoms with E-state index in [0.29, 0.717) is 5.69 Å². The van der Waals surface area contributed by atoms with Gasteiger partial charge in [0.2, 0.25) is 0 Å². The van der Waals surface area contributed by atoms with E-state index in [0.717, 1.165) is 0 Å². The summed E-state index contributed by atoms with van der Waals surface area (Å²) in [6.45, 7) is 1.30. The summed E-state index contributed by atoms with van der Waals surface area (Å²) < 4.78 is 0. The number of carbonyl (C=O) groups excluding carboxylic acids is 1. The number of aliphatic hydroxyl groups is 1. The average molecular weight is 264 g/mol. The minimum Gasteiger partial charge on any atom is -0.510 e. The minimum absolute atomic E-state index is 0.0700. The zero-order valence-corrected chi connectivity index (χ0v) is 10.3. The van der Waals surface area contributed by atoms with Gasteiger partial charge in [-0.25, -0.2) is 0 Å². The fourth-order valence-electron chi connectivity index (χ4n) is 1.15. The predicted molar refractivity (Wildman–Crippen MR) is 67.0 cm³/mol. The number of rotatable bonds is 4. The van der Waals surface area contributed by atoms with Crippen molar-refractivity contribution in [3.63, 3.8) is 0 Å². The van der Waals surface area contributed by atoms with Crippen LogP contribution in [0.4, 0.5) is 11.4 Å². The van der Waals surface area contributed by atoms with Crippen molar-refractivity contribution in [3.8, 4) is 0 Å². The molecule has 0 bridgehead atoms. The maximum Gasteiger partial charge on any atom is 0.275 e. The fraction of sp³-hybridized carbons (Fsp3) is 0.182. The summed E-state index contributed by atoms with van der Waals surface area (Å²) >= 11 is 0. The molecule has 0 unspecified atom stereocenters. The van der Waals surface area contributed by atoms with Crippen molar-refractivity contribution in [1.29, 1.82) is 0 Å². The van der Waals surface area contributed by atoms with Gasteiger partial charge in [0.15, 0.2) is 5.70 Å². The van der Waals surface area contributed by atoms with Gasteiger partial charge in [-0.3, -0.25) is 14.9 Å². The van der Waals surface area contributed by atoms with Gasteiger partial charge >= 0.3 is 0 Å². The number of non-ortho nitro benzene ring substituents is 1. The van der Waals surface area contributed by atoms with Crippen LogP contribution in [0.2, 0.25) is 0 Å². The summed E-state index contributed by atoms with van der Waals surface area (Å²) in [5.74, 6) is -0.851. The van der Waals surface area contributed by atoms with Crippen LogP contribution in [0.25, 0.3) is 0 Å². The first kappa shape index (κ1) is 14.3. The number of nitrogens with one attached hydrogen (secondary N) is 1. The molecule has 0 aliphatic carbocycles. The smallest absolute Gasteiger partial charge is 0.275 e. The van der Waals surface area contributed by atoms with Gasteiger partial charge in [0.25, 0.3) is 11.6 Å². The van der Waals surface area contributed by atoms with Crippen molar-refractivity contribution >= 4 is 17.3 Å². The Bertz CT molecular complexity index is 544. The highest BCUT2D eigenvalue weighted by molar-refractivity contribution is 5.93. The fourth-order valence-corrected chi connectivity index (χ4v) is 1.15. The number of likely N-dealkylation sites (N-methyl/N-ethyl adjacent to an activating group) is 1. The molecular weight excluding hydrogens is 252 g/mol. The van der Waals surface area contributed by atoms with Crippen molar-refractivity contribution < 1.29 is 14.8 Å². The summed E-state index contributed by atoms with van der Waals surface area (Å²) in [6.07, 6.45) is 0. The summed E-state index contributed by atoms with van der Waals surface area (Å²) in [6, 6.07) is 5.30. The third-order valence-corrected chi connectivity index (χ3v) is 2.11. The summed E-state index contributed by atoms with van der Waals surface area (Å²) in [5, 5.41) is 29.4. The van der Waals surface area contributed by atoms with Crippen LogP contribution in [-0.2, 0) is 4.79 Å². The molecule has 0 spiro atoms. The lowest BCUT2D eigenvalue weighted by molar-refractivity contribution is -0.384. The van der Waals surface area contributed by atoms with Crippen LogP contribution in [0.5, 0.6) is 0 Å². The van der Waals surface area contributed by atoms with Crippen LogP contribution in [0.3, 0.4) is 0 Å². The maximum absolute atomic E-state index is 11.3. The minimum atomic E-state index is -0.578. The standard InChI is InChI=1S/C11H12N4O4/c1-7(16)10(11(17)12-2)14-13-8-3-5-9(6-4-8)15(18)19/h3-6,16H,1-2H3,(H,12,17)/b10-7+,14-13?. The highest BCUT2D eigenvalue weighted by atomic mass is 16.6. The Morgan fingerprint density at radius 1 is 1.37 bits per heavy atom. The largest absolute Gasteiger partial charge is 0.510 e. The first-order valence-electron chi connectivity index (χ1n) is 5.24. The van der Waals surface area contributed by atoms with Crippen molar-refractivity contribution in [1.82, 2.24) is 5.32 Å². The van der Waals surface area contributed by atoms with E-state index in [-0.39, 0.29) is 17.1 Å². The van der Waals surface area contributed by atoms with E-state index in [4.69, 9.17) is 0 Å². The Balaban J connectivity index is 2.94. The molecule has 19 heavy (non-hydrogen) atoms. The molecule has 1 amide bonds. The number of amides is 1. The maximum atomic E-state index is 11.3. The number of nitrogens with zero attached hydrogens (tertiary/aromatic N) is 3. The molecule has 8 nitrogen and oxygen atoms in total. The first-order valence-corrected chi connectivity index (χ1v) is 5.24. The van der Waals surface area contributed by atoms with E-state index in [1.54, 1.807) is 0 Å². The van der Waals surface area contributed by atoms with Crippen LogP contribution in [0, 0.1) is 10.1 Å². The van der Waals surface area contributed by atoms with Gasteiger partial charge in [-0.1, -0.05) is 0 Å². The zero-order chi connectivity index (χ0) is 14.4. The molecule has 0 heterocycles. The molecule has 0 aromatic heterocycles. The molecule has 0 aliphatic rings. The molecule has 0 saturated heterocycles. The lowest BCUT2D eigenvalue weighted by Gasteiger charge is -2.00. The molecule has 1 aromatic rings. The third-order valence-electron chi connectivity index (χ3n) is 2.11. The summed E-state index contributed by atoms with van der Waals surface area (Å²) in [7, 11) is 1.40. The van der Waals surface area contributed by atoms with Gasteiger partial charge in [0, 0.05) is 19.2 Å². The Morgan fingerprint density at radius 2 is 1.95 bits per heavy atom. The molecule has 0 fully saturated rings. The number of carbonyl (C=O) groups is 1. The van der Waals surface area contributed by atoms with E-state index in [2.05, 4.69) is 15.5 Å². The number of benzene rings is 1. The van der Waals surface area contributed by atoms with Crippen LogP contribution in [-0.4, -0.2) is 23.0 Å². The lowest BCUT2D eigenvalue weighted by Crippen LogP contribution is -2.20. The van der Waals surface area contributed by atoms with E-state index in [1.165, 1.54) is 38.2 Å². The second kappa shape index (κ2) is 6.24. The molecule has 8 heteroatoms. The van der Waals surface area contributed by atoms with E-state index < -0.39 is 10.8 Å². The number of nitro groups is 1. The van der Waals surface area contributed by atoms with E-state index in [9.17, 15) is 20.0 Å². The third kappa shape index (κ3) is 3.87. The Kier molecular flexibility index (Phi) is 4.69. The molecular formula is C11H12N4O4. The zero-order valence-electron chi connectivity index (χ0n) is 10.3. The Morgan fingerprint density at radius 3 is 2.37 bits per heavy atom. The quantitative estimate of drug-likeness (QED) is 0.285. The molecule has 100 valence electrons. The Labute approximate surface area is 108 Å². The summed E-state index contributed by atoms with van der Waals surface area (Å²) in [5.41, 5.74) is 0.0356. The molecule has 0 saturated carbocycles. The average Bonchev–Trinajstić information content (AvgIpc) is 2.38. The van der Waals surface area contributed by atoms with Crippen LogP contribution < -0.4 is 5.32 Å². The molecule has 0 aliphatic heterocycles. The molecule has 1 rings (SSSR count). The van der Waals surface area contributed by atoms with Gasteiger partial charge in [0.05, 0.1) is 10.6 Å². The second-order valence-corrected chi connectivity index (χ2v) is 3.49. The molecule has 0 atom stereocenters. The van der Waals surface area contributed by atoms with Crippen molar-refractivity contribution in [3.05, 3.63) is 45.8 Å². The van der Waals surface area contributed by atoms with Gasteiger partial charge in [-0.05, 0) is 19.1 Å². The normalized spacial score (nSPS) is 12.1. The number of nitro benzene ring substituents is 1. The number of hydrogen-bond acceptors (Lipinski definition) is 6.